The molecule has 0 fully saturated rings. The Morgan fingerprint density at radius 3 is 2.17 bits per heavy atom. The summed E-state index contributed by atoms with van der Waals surface area (Å²) in [5.74, 6) is -0.681. The summed E-state index contributed by atoms with van der Waals surface area (Å²) >= 11 is 0. The number of benzene rings is 3. The number of alkyl carbamates (subject to hydrolysis) is 1. The van der Waals surface area contributed by atoms with E-state index >= 15 is 0 Å². The minimum Gasteiger partial charge on any atom is -0.392 e. The standard InChI is InChI=1S/C27H28N2O6S/c1-20-13-15-23(16-14-20)36(33,34)29(2)25(19-21-9-5-3-6-10-21)35-27(32)28-18-17-24(30)26(31)22-11-7-4-8-12-22/h3-16,19,24,30H,17-18H2,1-2H3,(H,28,32)/b25-19+/t24-/m0/s1. The summed E-state index contributed by atoms with van der Waals surface area (Å²) in [4.78, 5) is 24.8. The Labute approximate surface area is 210 Å². The number of aliphatic hydroxyl groups excluding tert-OH is 1. The largest absolute Gasteiger partial charge is 0.413 e. The number of carbonyl (C=O) groups is 2. The molecule has 0 heterocycles. The number of sulfonamides is 1. The maximum atomic E-state index is 13.2. The van der Waals surface area contributed by atoms with Crippen LogP contribution < -0.4 is 5.32 Å². The molecule has 0 aliphatic carbocycles. The number of ketones is 1. The van der Waals surface area contributed by atoms with E-state index in [1.807, 2.05) is 6.92 Å². The van der Waals surface area contributed by atoms with Gasteiger partial charge < -0.3 is 15.2 Å². The second kappa shape index (κ2) is 12.1. The number of nitrogens with zero attached hydrogens (tertiary/aromatic N) is 1. The topological polar surface area (TPSA) is 113 Å². The molecule has 0 unspecified atom stereocenters. The van der Waals surface area contributed by atoms with Gasteiger partial charge in [0.2, 0.25) is 5.88 Å². The van der Waals surface area contributed by atoms with Gasteiger partial charge in [0.25, 0.3) is 10.0 Å². The third-order valence-electron chi connectivity index (χ3n) is 5.32. The van der Waals surface area contributed by atoms with E-state index in [9.17, 15) is 23.1 Å². The Bertz CT molecular complexity index is 1310. The maximum Gasteiger partial charge on any atom is 0.413 e. The molecule has 0 aliphatic heterocycles. The van der Waals surface area contributed by atoms with Crippen molar-refractivity contribution in [2.75, 3.05) is 13.6 Å². The Hall–Kier alpha value is -3.95. The lowest BCUT2D eigenvalue weighted by Gasteiger charge is -2.22. The molecule has 3 rings (SSSR count). The number of hydrogen-bond acceptors (Lipinski definition) is 6. The Morgan fingerprint density at radius 2 is 1.56 bits per heavy atom. The lowest BCUT2D eigenvalue weighted by Crippen LogP contribution is -2.34. The summed E-state index contributed by atoms with van der Waals surface area (Å²) in [7, 11) is -2.73. The number of nitrogens with one attached hydrogen (secondary N) is 1. The summed E-state index contributed by atoms with van der Waals surface area (Å²) in [6.45, 7) is 1.78. The first-order valence-electron chi connectivity index (χ1n) is 11.2. The first-order chi connectivity index (χ1) is 17.2. The van der Waals surface area contributed by atoms with Crippen LogP contribution in [0.4, 0.5) is 4.79 Å². The summed E-state index contributed by atoms with van der Waals surface area (Å²) in [6, 6.07) is 23.5. The van der Waals surface area contributed by atoms with Crippen LogP contribution >= 0.6 is 0 Å². The second-order valence-electron chi connectivity index (χ2n) is 8.03. The highest BCUT2D eigenvalue weighted by Crippen LogP contribution is 2.21. The van der Waals surface area contributed by atoms with Crippen LogP contribution in [0.2, 0.25) is 0 Å². The monoisotopic (exact) mass is 508 g/mol. The highest BCUT2D eigenvalue weighted by Gasteiger charge is 2.26. The van der Waals surface area contributed by atoms with Gasteiger partial charge in [0.05, 0.1) is 4.90 Å². The molecule has 2 N–H and O–H groups in total. The number of ether oxygens (including phenoxy) is 1. The van der Waals surface area contributed by atoms with Crippen molar-refractivity contribution in [2.45, 2.75) is 24.3 Å². The van der Waals surface area contributed by atoms with E-state index < -0.39 is 28.0 Å². The van der Waals surface area contributed by atoms with Crippen molar-refractivity contribution in [2.24, 2.45) is 0 Å². The number of hydrogen-bond donors (Lipinski definition) is 2. The van der Waals surface area contributed by atoms with E-state index in [4.69, 9.17) is 4.74 Å². The Balaban J connectivity index is 1.70. The smallest absolute Gasteiger partial charge is 0.392 e. The van der Waals surface area contributed by atoms with Gasteiger partial charge >= 0.3 is 6.09 Å². The van der Waals surface area contributed by atoms with Gasteiger partial charge in [0.15, 0.2) is 5.78 Å². The lowest BCUT2D eigenvalue weighted by atomic mass is 10.0. The van der Waals surface area contributed by atoms with E-state index in [-0.39, 0.29) is 23.7 Å². The van der Waals surface area contributed by atoms with E-state index in [0.717, 1.165) is 9.87 Å². The average Bonchev–Trinajstić information content (AvgIpc) is 2.88. The van der Waals surface area contributed by atoms with E-state index in [1.54, 1.807) is 72.8 Å². The molecule has 0 saturated carbocycles. The van der Waals surface area contributed by atoms with Gasteiger partial charge in [-0.05, 0) is 31.0 Å². The van der Waals surface area contributed by atoms with Crippen LogP contribution in [-0.2, 0) is 14.8 Å². The molecule has 0 aliphatic rings. The predicted molar refractivity (Wildman–Crippen MR) is 136 cm³/mol. The number of aryl methyl sites for hydroxylation is 1. The Kier molecular flexibility index (Phi) is 8.99. The van der Waals surface area contributed by atoms with E-state index in [2.05, 4.69) is 5.32 Å². The molecule has 0 aromatic heterocycles. The zero-order chi connectivity index (χ0) is 26.1. The second-order valence-corrected chi connectivity index (χ2v) is 10.00. The van der Waals surface area contributed by atoms with Crippen LogP contribution in [0.25, 0.3) is 6.08 Å². The van der Waals surface area contributed by atoms with Gasteiger partial charge in [-0.15, -0.1) is 0 Å². The van der Waals surface area contributed by atoms with E-state index in [1.165, 1.54) is 25.3 Å². The first kappa shape index (κ1) is 26.7. The van der Waals surface area contributed by atoms with Crippen LogP contribution in [0.15, 0.2) is 95.7 Å². The highest BCUT2D eigenvalue weighted by atomic mass is 32.2. The molecule has 36 heavy (non-hydrogen) atoms. The highest BCUT2D eigenvalue weighted by molar-refractivity contribution is 7.89. The zero-order valence-corrected chi connectivity index (χ0v) is 20.8. The quantitative estimate of drug-likeness (QED) is 0.316. The summed E-state index contributed by atoms with van der Waals surface area (Å²) in [5.41, 5.74) is 1.89. The number of Topliss-reactive ketones (excluding diaryl/α,β-unsaturated/α-hetero) is 1. The molecule has 0 bridgehead atoms. The fraction of sp³-hybridized carbons (Fsp3) is 0.185. The third-order valence-corrected chi connectivity index (χ3v) is 7.09. The number of amides is 1. The molecule has 9 heteroatoms. The molecule has 1 atom stereocenters. The summed E-state index contributed by atoms with van der Waals surface area (Å²) < 4.78 is 32.6. The molecule has 3 aromatic carbocycles. The molecule has 0 saturated heterocycles. The minimum atomic E-state index is -4.02. The van der Waals surface area contributed by atoms with Crippen molar-refractivity contribution in [1.29, 1.82) is 0 Å². The van der Waals surface area contributed by atoms with Crippen LogP contribution in [-0.4, -0.2) is 49.4 Å². The molecular formula is C27H28N2O6S. The number of carbonyl (C=O) groups excluding carboxylic acids is 2. The summed E-state index contributed by atoms with van der Waals surface area (Å²) in [5, 5.41) is 12.6. The van der Waals surface area contributed by atoms with Crippen molar-refractivity contribution in [1.82, 2.24) is 9.62 Å². The SMILES string of the molecule is Cc1ccc(S(=O)(=O)N(C)/C(=C\c2ccccc2)OC(=O)NCC[C@H](O)C(=O)c2ccccc2)cc1. The van der Waals surface area contributed by atoms with Gasteiger partial charge in [0, 0.05) is 25.2 Å². The average molecular weight is 509 g/mol. The van der Waals surface area contributed by atoms with Gasteiger partial charge in [0.1, 0.15) is 6.10 Å². The van der Waals surface area contributed by atoms with Crippen LogP contribution in [0.1, 0.15) is 27.9 Å². The third kappa shape index (κ3) is 7.03. The van der Waals surface area contributed by atoms with Gasteiger partial charge in [-0.3, -0.25) is 4.79 Å². The predicted octanol–water partition coefficient (Wildman–Crippen LogP) is 3.97. The molecular weight excluding hydrogens is 480 g/mol. The van der Waals surface area contributed by atoms with Crippen molar-refractivity contribution in [3.63, 3.8) is 0 Å². The van der Waals surface area contributed by atoms with Crippen molar-refractivity contribution in [3.8, 4) is 0 Å². The van der Waals surface area contributed by atoms with Gasteiger partial charge in [-0.1, -0.05) is 78.4 Å². The van der Waals surface area contributed by atoms with Crippen molar-refractivity contribution < 1.29 is 27.9 Å². The van der Waals surface area contributed by atoms with E-state index in [0.29, 0.717) is 11.1 Å². The minimum absolute atomic E-state index is 0.0427. The number of rotatable bonds is 10. The molecule has 8 nitrogen and oxygen atoms in total. The fourth-order valence-electron chi connectivity index (χ4n) is 3.23. The zero-order valence-electron chi connectivity index (χ0n) is 20.0. The summed E-state index contributed by atoms with van der Waals surface area (Å²) in [6.07, 6.45) is -0.851. The molecule has 3 aromatic rings. The van der Waals surface area contributed by atoms with Gasteiger partial charge in [-0.25, -0.2) is 17.5 Å². The van der Waals surface area contributed by atoms with Gasteiger partial charge in [-0.2, -0.15) is 0 Å². The fourth-order valence-corrected chi connectivity index (χ4v) is 4.35. The molecule has 0 radical (unpaired) electrons. The lowest BCUT2D eigenvalue weighted by molar-refractivity contribution is 0.0728. The normalized spacial score (nSPS) is 12.5. The first-order valence-corrected chi connectivity index (χ1v) is 12.7. The number of aliphatic hydroxyl groups is 1. The van der Waals surface area contributed by atoms with Crippen molar-refractivity contribution in [3.05, 3.63) is 108 Å². The molecule has 0 spiro atoms. The van der Waals surface area contributed by atoms with Crippen LogP contribution in [0.3, 0.4) is 0 Å². The maximum absolute atomic E-state index is 13.2. The Morgan fingerprint density at radius 1 is 0.972 bits per heavy atom. The van der Waals surface area contributed by atoms with Crippen LogP contribution in [0.5, 0.6) is 0 Å². The van der Waals surface area contributed by atoms with Crippen LogP contribution in [0, 0.1) is 6.92 Å². The van der Waals surface area contributed by atoms with Crippen molar-refractivity contribution >= 4 is 28.0 Å². The molecule has 188 valence electrons. The molecule has 1 amide bonds.